The highest BCUT2D eigenvalue weighted by atomic mass is 16.4. The van der Waals surface area contributed by atoms with Crippen LogP contribution in [0.5, 0.6) is 0 Å². The number of oxazole rings is 1. The Bertz CT molecular complexity index is 1380. The van der Waals surface area contributed by atoms with E-state index in [9.17, 15) is 4.79 Å². The Kier molecular flexibility index (Phi) is 3.75. The molecule has 0 saturated carbocycles. The van der Waals surface area contributed by atoms with Crippen LogP contribution in [-0.2, 0) is 13.5 Å². The molecule has 1 aromatic carbocycles. The Morgan fingerprint density at radius 3 is 2.97 bits per heavy atom. The van der Waals surface area contributed by atoms with Crippen molar-refractivity contribution in [2.24, 2.45) is 7.05 Å². The van der Waals surface area contributed by atoms with Gasteiger partial charge in [-0.25, -0.2) is 9.97 Å². The number of fused-ring (bicyclic) bond motifs is 2. The van der Waals surface area contributed by atoms with Crippen molar-refractivity contribution in [2.45, 2.75) is 12.5 Å². The number of hydrogen-bond donors (Lipinski definition) is 1. The second kappa shape index (κ2) is 6.62. The number of aromatic amines is 1. The summed E-state index contributed by atoms with van der Waals surface area (Å²) in [7, 11) is 1.78. The second-order valence-electron chi connectivity index (χ2n) is 7.25. The topological polar surface area (TPSA) is 132 Å². The first-order valence-electron chi connectivity index (χ1n) is 9.68. The molecule has 0 aliphatic carbocycles. The third-order valence-electron chi connectivity index (χ3n) is 5.29. The van der Waals surface area contributed by atoms with E-state index in [2.05, 4.69) is 30.2 Å². The summed E-state index contributed by atoms with van der Waals surface area (Å²) < 4.78 is 13.3. The molecule has 11 nitrogen and oxygen atoms in total. The molecule has 4 aromatic heterocycles. The summed E-state index contributed by atoms with van der Waals surface area (Å²) in [6.07, 6.45) is 5.56. The van der Waals surface area contributed by atoms with Crippen LogP contribution in [0.25, 0.3) is 22.6 Å². The molecular formula is C20H16N8O3. The van der Waals surface area contributed by atoms with Crippen molar-refractivity contribution in [1.82, 2.24) is 39.8 Å². The zero-order valence-electron chi connectivity index (χ0n) is 16.4. The van der Waals surface area contributed by atoms with Gasteiger partial charge in [-0.3, -0.25) is 9.48 Å². The number of imidazole rings is 1. The fourth-order valence-electron chi connectivity index (χ4n) is 3.83. The number of nitrogens with zero attached hydrogens (tertiary/aromatic N) is 7. The van der Waals surface area contributed by atoms with Crippen molar-refractivity contribution in [2.75, 3.05) is 6.54 Å². The number of aromatic nitrogens is 7. The van der Waals surface area contributed by atoms with Crippen molar-refractivity contribution in [3.63, 3.8) is 0 Å². The highest BCUT2D eigenvalue weighted by molar-refractivity contribution is 5.90. The maximum Gasteiger partial charge on any atom is 0.312 e. The molecule has 5 heterocycles. The van der Waals surface area contributed by atoms with E-state index in [1.54, 1.807) is 35.4 Å². The van der Waals surface area contributed by atoms with E-state index >= 15 is 0 Å². The minimum Gasteiger partial charge on any atom is -0.438 e. The molecule has 0 bridgehead atoms. The largest absolute Gasteiger partial charge is 0.438 e. The number of carbonyl (C=O) groups is 1. The van der Waals surface area contributed by atoms with Gasteiger partial charge in [-0.15, -0.1) is 10.2 Å². The van der Waals surface area contributed by atoms with Crippen LogP contribution in [0.2, 0.25) is 0 Å². The number of nitrogens with one attached hydrogen (secondary N) is 1. The van der Waals surface area contributed by atoms with Crippen LogP contribution >= 0.6 is 0 Å². The van der Waals surface area contributed by atoms with Crippen LogP contribution in [0.3, 0.4) is 0 Å². The van der Waals surface area contributed by atoms with Gasteiger partial charge in [0.2, 0.25) is 5.89 Å². The van der Waals surface area contributed by atoms with E-state index in [4.69, 9.17) is 8.83 Å². The molecule has 1 N–H and O–H groups in total. The average Bonchev–Trinajstić information content (AvgIpc) is 3.57. The molecule has 31 heavy (non-hydrogen) atoms. The fraction of sp³-hybridized carbons (Fsp3) is 0.200. The first-order chi connectivity index (χ1) is 15.2. The number of H-pyrrole nitrogens is 1. The van der Waals surface area contributed by atoms with Gasteiger partial charge in [0.1, 0.15) is 5.52 Å². The molecule has 5 aromatic rings. The van der Waals surface area contributed by atoms with Crippen LogP contribution in [0.1, 0.15) is 34.0 Å². The van der Waals surface area contributed by atoms with E-state index in [1.165, 1.54) is 0 Å². The molecule has 11 heteroatoms. The lowest BCUT2D eigenvalue weighted by Crippen LogP contribution is -2.41. The summed E-state index contributed by atoms with van der Waals surface area (Å²) in [6.45, 7) is 0.419. The molecule has 1 amide bonds. The Hall–Kier alpha value is -4.28. The second-order valence-corrected chi connectivity index (χ2v) is 7.25. The fourth-order valence-corrected chi connectivity index (χ4v) is 3.83. The molecule has 1 aliphatic heterocycles. The molecule has 0 unspecified atom stereocenters. The minimum absolute atomic E-state index is 0.112. The van der Waals surface area contributed by atoms with Gasteiger partial charge in [0.25, 0.3) is 5.89 Å². The lowest BCUT2D eigenvalue weighted by Gasteiger charge is -2.31. The minimum atomic E-state index is -0.608. The van der Waals surface area contributed by atoms with Crippen LogP contribution < -0.4 is 0 Å². The SMILES string of the molecule is Cn1cc(-c2nnc(C(=O)N3CCc4[nH]cnc4[C@H]3c3nc4ccccc4o3)o2)cn1. The first kappa shape index (κ1) is 17.6. The Balaban J connectivity index is 1.40. The number of amides is 1. The van der Waals surface area contributed by atoms with Crippen molar-refractivity contribution in [3.8, 4) is 11.5 Å². The van der Waals surface area contributed by atoms with Gasteiger partial charge < -0.3 is 18.7 Å². The monoisotopic (exact) mass is 416 g/mol. The van der Waals surface area contributed by atoms with Crippen LogP contribution in [0, 0.1) is 0 Å². The summed E-state index contributed by atoms with van der Waals surface area (Å²) in [6, 6.07) is 6.85. The van der Waals surface area contributed by atoms with Crippen LogP contribution in [0.4, 0.5) is 0 Å². The summed E-state index contributed by atoms with van der Waals surface area (Å²) in [5.41, 5.74) is 3.63. The van der Waals surface area contributed by atoms with Gasteiger partial charge in [0.15, 0.2) is 11.6 Å². The van der Waals surface area contributed by atoms with Crippen molar-refractivity contribution in [3.05, 3.63) is 66.2 Å². The lowest BCUT2D eigenvalue weighted by atomic mass is 10.0. The molecule has 0 fully saturated rings. The molecule has 0 spiro atoms. The predicted molar refractivity (Wildman–Crippen MR) is 106 cm³/mol. The highest BCUT2D eigenvalue weighted by Gasteiger charge is 2.39. The smallest absolute Gasteiger partial charge is 0.312 e. The summed E-state index contributed by atoms with van der Waals surface area (Å²) in [4.78, 5) is 27.2. The van der Waals surface area contributed by atoms with Crippen LogP contribution in [-0.4, -0.2) is 52.3 Å². The maximum atomic E-state index is 13.4. The van der Waals surface area contributed by atoms with Gasteiger partial charge in [0.05, 0.1) is 23.8 Å². The highest BCUT2D eigenvalue weighted by Crippen LogP contribution is 2.35. The quantitative estimate of drug-likeness (QED) is 0.473. The molecule has 0 radical (unpaired) electrons. The molecule has 1 aliphatic rings. The normalized spacial score (nSPS) is 16.0. The zero-order valence-corrected chi connectivity index (χ0v) is 16.4. The van der Waals surface area contributed by atoms with Crippen molar-refractivity contribution < 1.29 is 13.6 Å². The molecule has 0 saturated heterocycles. The number of rotatable bonds is 3. The summed E-state index contributed by atoms with van der Waals surface area (Å²) >= 11 is 0. The number of benzene rings is 1. The molecule has 154 valence electrons. The Morgan fingerprint density at radius 2 is 2.13 bits per heavy atom. The van der Waals surface area contributed by atoms with Crippen molar-refractivity contribution >= 4 is 17.0 Å². The predicted octanol–water partition coefficient (Wildman–Crippen LogP) is 2.12. The summed E-state index contributed by atoms with van der Waals surface area (Å²) in [5.74, 6) is 0.0874. The zero-order chi connectivity index (χ0) is 20.9. The van der Waals surface area contributed by atoms with Gasteiger partial charge in [0, 0.05) is 31.9 Å². The number of carbonyl (C=O) groups excluding carboxylic acids is 1. The molecule has 1 atom stereocenters. The average molecular weight is 416 g/mol. The van der Waals surface area contributed by atoms with E-state index in [0.717, 1.165) is 5.69 Å². The number of para-hydroxylation sites is 2. The van der Waals surface area contributed by atoms with E-state index < -0.39 is 11.9 Å². The van der Waals surface area contributed by atoms with Gasteiger partial charge in [-0.2, -0.15) is 5.10 Å². The van der Waals surface area contributed by atoms with E-state index in [0.29, 0.717) is 41.2 Å². The third-order valence-corrected chi connectivity index (χ3v) is 5.29. The molecule has 6 rings (SSSR count). The van der Waals surface area contributed by atoms with Crippen molar-refractivity contribution in [1.29, 1.82) is 0 Å². The van der Waals surface area contributed by atoms with Gasteiger partial charge in [-0.1, -0.05) is 12.1 Å². The Morgan fingerprint density at radius 1 is 1.23 bits per heavy atom. The lowest BCUT2D eigenvalue weighted by molar-refractivity contribution is 0.0627. The molecular weight excluding hydrogens is 400 g/mol. The standard InChI is InChI=1S/C20H16N8O3/c1-27-9-11(8-23-27)17-25-26-19(31-17)20(29)28-7-6-13-15(22-10-21-13)16(28)18-24-12-4-2-3-5-14(12)30-18/h2-5,8-10,16H,6-7H2,1H3,(H,21,22)/t16-/m0/s1. The third kappa shape index (κ3) is 2.81. The summed E-state index contributed by atoms with van der Waals surface area (Å²) in [5, 5.41) is 12.1. The van der Waals surface area contributed by atoms with Crippen LogP contribution in [0.15, 0.2) is 51.8 Å². The number of hydrogen-bond acceptors (Lipinski definition) is 8. The van der Waals surface area contributed by atoms with E-state index in [1.807, 2.05) is 24.3 Å². The Labute approximate surface area is 174 Å². The van der Waals surface area contributed by atoms with Gasteiger partial charge >= 0.3 is 11.8 Å². The number of aryl methyl sites for hydroxylation is 1. The van der Waals surface area contributed by atoms with Gasteiger partial charge in [-0.05, 0) is 12.1 Å². The maximum absolute atomic E-state index is 13.4. The first-order valence-corrected chi connectivity index (χ1v) is 9.68. The van der Waals surface area contributed by atoms with E-state index in [-0.39, 0.29) is 11.8 Å².